The summed E-state index contributed by atoms with van der Waals surface area (Å²) in [7, 11) is -3.60. The third kappa shape index (κ3) is 2.85. The zero-order chi connectivity index (χ0) is 14.8. The minimum Gasteiger partial charge on any atom is -0.279 e. The van der Waals surface area contributed by atoms with Crippen molar-refractivity contribution in [3.63, 3.8) is 0 Å². The summed E-state index contributed by atoms with van der Waals surface area (Å²) in [5.74, 6) is 0. The molecule has 1 N–H and O–H groups in total. The van der Waals surface area contributed by atoms with Crippen molar-refractivity contribution in [3.05, 3.63) is 41.7 Å². The lowest BCUT2D eigenvalue weighted by Crippen LogP contribution is -2.14. The number of hydrogen-bond donors (Lipinski definition) is 1. The molecule has 2 rings (SSSR count). The molecule has 0 spiro atoms. The molecule has 0 atom stereocenters. The molecule has 1 aromatic heterocycles. The van der Waals surface area contributed by atoms with Crippen LogP contribution in [0.4, 0.5) is 5.69 Å². The average Bonchev–Trinajstić information content (AvgIpc) is 2.81. The van der Waals surface area contributed by atoms with E-state index < -0.39 is 10.0 Å². The maximum absolute atomic E-state index is 12.5. The summed E-state index contributed by atoms with van der Waals surface area (Å²) in [6.45, 7) is 6.25. The Labute approximate surface area is 119 Å². The Kier molecular flexibility index (Phi) is 4.13. The maximum atomic E-state index is 12.5. The van der Waals surface area contributed by atoms with Crippen LogP contribution in [-0.2, 0) is 23.0 Å². The lowest BCUT2D eigenvalue weighted by atomic mass is 10.1. The van der Waals surface area contributed by atoms with Crippen LogP contribution in [0.5, 0.6) is 0 Å². The first-order chi connectivity index (χ1) is 9.47. The number of hydrogen-bond acceptors (Lipinski definition) is 3. The molecule has 0 aliphatic heterocycles. The fourth-order valence-corrected chi connectivity index (χ4v) is 3.34. The monoisotopic (exact) mass is 293 g/mol. The molecule has 0 saturated heterocycles. The first-order valence-corrected chi connectivity index (χ1v) is 8.11. The number of nitrogens with zero attached hydrogens (tertiary/aromatic N) is 2. The van der Waals surface area contributed by atoms with Crippen LogP contribution in [0.1, 0.15) is 25.1 Å². The van der Waals surface area contributed by atoms with Crippen molar-refractivity contribution in [2.24, 2.45) is 0 Å². The fraction of sp³-hybridized carbons (Fsp3) is 0.357. The molecule has 0 aliphatic carbocycles. The SMILES string of the molecule is CCc1ccccc1NS(=O)(=O)c1cn(CC)nc1C. The van der Waals surface area contributed by atoms with E-state index in [9.17, 15) is 8.42 Å². The maximum Gasteiger partial charge on any atom is 0.265 e. The summed E-state index contributed by atoms with van der Waals surface area (Å²) in [5.41, 5.74) is 2.10. The molecule has 20 heavy (non-hydrogen) atoms. The van der Waals surface area contributed by atoms with Gasteiger partial charge in [-0.05, 0) is 31.9 Å². The number of rotatable bonds is 5. The van der Waals surface area contributed by atoms with Crippen molar-refractivity contribution in [2.45, 2.75) is 38.6 Å². The van der Waals surface area contributed by atoms with Crippen LogP contribution in [0.15, 0.2) is 35.4 Å². The molecule has 2 aromatic rings. The zero-order valence-corrected chi connectivity index (χ0v) is 12.7. The quantitative estimate of drug-likeness (QED) is 0.921. The second-order valence-corrected chi connectivity index (χ2v) is 6.20. The number of sulfonamides is 1. The van der Waals surface area contributed by atoms with Gasteiger partial charge in [0.1, 0.15) is 4.90 Å². The summed E-state index contributed by atoms with van der Waals surface area (Å²) in [6, 6.07) is 7.41. The average molecular weight is 293 g/mol. The Morgan fingerprint density at radius 3 is 2.55 bits per heavy atom. The van der Waals surface area contributed by atoms with E-state index in [0.29, 0.717) is 17.9 Å². The minimum atomic E-state index is -3.60. The van der Waals surface area contributed by atoms with Crippen molar-refractivity contribution < 1.29 is 8.42 Å². The molecule has 0 bridgehead atoms. The van der Waals surface area contributed by atoms with Gasteiger partial charge in [0.2, 0.25) is 0 Å². The van der Waals surface area contributed by atoms with E-state index in [1.54, 1.807) is 23.9 Å². The smallest absolute Gasteiger partial charge is 0.265 e. The van der Waals surface area contributed by atoms with E-state index in [2.05, 4.69) is 9.82 Å². The summed E-state index contributed by atoms with van der Waals surface area (Å²) < 4.78 is 29.2. The highest BCUT2D eigenvalue weighted by Crippen LogP contribution is 2.21. The van der Waals surface area contributed by atoms with Crippen molar-refractivity contribution >= 4 is 15.7 Å². The van der Waals surface area contributed by atoms with E-state index in [4.69, 9.17) is 0 Å². The van der Waals surface area contributed by atoms with Crippen LogP contribution in [0, 0.1) is 6.92 Å². The third-order valence-electron chi connectivity index (χ3n) is 3.16. The Bertz CT molecular complexity index is 705. The lowest BCUT2D eigenvalue weighted by Gasteiger charge is -2.10. The van der Waals surface area contributed by atoms with Crippen molar-refractivity contribution in [1.29, 1.82) is 0 Å². The van der Waals surface area contributed by atoms with Gasteiger partial charge in [0.15, 0.2) is 0 Å². The molecule has 0 aliphatic rings. The Morgan fingerprint density at radius 1 is 1.25 bits per heavy atom. The largest absolute Gasteiger partial charge is 0.279 e. The molecule has 5 nitrogen and oxygen atoms in total. The van der Waals surface area contributed by atoms with Gasteiger partial charge in [-0.1, -0.05) is 25.1 Å². The highest BCUT2D eigenvalue weighted by molar-refractivity contribution is 7.92. The van der Waals surface area contributed by atoms with E-state index in [-0.39, 0.29) is 4.90 Å². The van der Waals surface area contributed by atoms with Crippen LogP contribution in [-0.4, -0.2) is 18.2 Å². The molecule has 0 unspecified atom stereocenters. The number of aromatic nitrogens is 2. The standard InChI is InChI=1S/C14H19N3O2S/c1-4-12-8-6-7-9-13(12)16-20(18,19)14-10-17(5-2)15-11(14)3/h6-10,16H,4-5H2,1-3H3. The number of benzene rings is 1. The van der Waals surface area contributed by atoms with E-state index in [1.807, 2.05) is 32.0 Å². The topological polar surface area (TPSA) is 64.0 Å². The number of anilines is 1. The first-order valence-electron chi connectivity index (χ1n) is 6.62. The highest BCUT2D eigenvalue weighted by Gasteiger charge is 2.21. The molecular formula is C14H19N3O2S. The number of nitrogens with one attached hydrogen (secondary N) is 1. The number of aryl methyl sites for hydroxylation is 3. The van der Waals surface area contributed by atoms with Gasteiger partial charge in [-0.3, -0.25) is 9.40 Å². The van der Waals surface area contributed by atoms with Crippen molar-refractivity contribution in [3.8, 4) is 0 Å². The molecule has 0 amide bonds. The van der Waals surface area contributed by atoms with Gasteiger partial charge in [-0.25, -0.2) is 8.42 Å². The lowest BCUT2D eigenvalue weighted by molar-refractivity contribution is 0.600. The molecule has 0 saturated carbocycles. The van der Waals surface area contributed by atoms with E-state index in [0.717, 1.165) is 12.0 Å². The summed E-state index contributed by atoms with van der Waals surface area (Å²) in [5, 5.41) is 4.18. The Balaban J connectivity index is 2.38. The predicted molar refractivity (Wildman–Crippen MR) is 79.3 cm³/mol. The molecule has 0 fully saturated rings. The minimum absolute atomic E-state index is 0.227. The van der Waals surface area contributed by atoms with Gasteiger partial charge in [-0.15, -0.1) is 0 Å². The molecule has 1 heterocycles. The second kappa shape index (κ2) is 5.66. The van der Waals surface area contributed by atoms with Gasteiger partial charge in [0.25, 0.3) is 10.0 Å². The van der Waals surface area contributed by atoms with Gasteiger partial charge in [-0.2, -0.15) is 5.10 Å². The summed E-state index contributed by atoms with van der Waals surface area (Å²) in [4.78, 5) is 0.227. The second-order valence-electron chi connectivity index (χ2n) is 4.55. The van der Waals surface area contributed by atoms with E-state index in [1.165, 1.54) is 0 Å². The molecule has 108 valence electrons. The van der Waals surface area contributed by atoms with Crippen molar-refractivity contribution in [2.75, 3.05) is 4.72 Å². The van der Waals surface area contributed by atoms with Gasteiger partial charge in [0, 0.05) is 12.7 Å². The zero-order valence-electron chi connectivity index (χ0n) is 11.9. The fourth-order valence-electron chi connectivity index (χ4n) is 2.05. The van der Waals surface area contributed by atoms with Crippen LogP contribution >= 0.6 is 0 Å². The molecule has 1 aromatic carbocycles. The third-order valence-corrected chi connectivity index (χ3v) is 4.63. The Hall–Kier alpha value is -1.82. The van der Waals surface area contributed by atoms with Gasteiger partial charge < -0.3 is 0 Å². The van der Waals surface area contributed by atoms with E-state index >= 15 is 0 Å². The van der Waals surface area contributed by atoms with Crippen LogP contribution < -0.4 is 4.72 Å². The summed E-state index contributed by atoms with van der Waals surface area (Å²) in [6.07, 6.45) is 2.33. The van der Waals surface area contributed by atoms with Crippen LogP contribution in [0.3, 0.4) is 0 Å². The van der Waals surface area contributed by atoms with Crippen LogP contribution in [0.25, 0.3) is 0 Å². The van der Waals surface area contributed by atoms with Gasteiger partial charge in [0.05, 0.1) is 11.4 Å². The molecule has 0 radical (unpaired) electrons. The Morgan fingerprint density at radius 2 is 1.95 bits per heavy atom. The normalized spacial score (nSPS) is 11.6. The highest BCUT2D eigenvalue weighted by atomic mass is 32.2. The van der Waals surface area contributed by atoms with Crippen molar-refractivity contribution in [1.82, 2.24) is 9.78 Å². The molecular weight excluding hydrogens is 274 g/mol. The summed E-state index contributed by atoms with van der Waals surface area (Å²) >= 11 is 0. The van der Waals surface area contributed by atoms with Crippen LogP contribution in [0.2, 0.25) is 0 Å². The predicted octanol–water partition coefficient (Wildman–Crippen LogP) is 2.57. The number of para-hydroxylation sites is 1. The molecule has 6 heteroatoms. The van der Waals surface area contributed by atoms with Gasteiger partial charge >= 0.3 is 0 Å². The first kappa shape index (κ1) is 14.6.